The molecule has 0 N–H and O–H groups in total. The van der Waals surface area contributed by atoms with E-state index in [4.69, 9.17) is 0 Å². The minimum atomic E-state index is -3.68. The van der Waals surface area contributed by atoms with Gasteiger partial charge in [-0.15, -0.1) is 11.3 Å². The summed E-state index contributed by atoms with van der Waals surface area (Å²) in [5.41, 5.74) is 1.97. The minimum Gasteiger partial charge on any atom is -0.231 e. The van der Waals surface area contributed by atoms with Crippen molar-refractivity contribution >= 4 is 33.1 Å². The van der Waals surface area contributed by atoms with Gasteiger partial charge in [0.1, 0.15) is 4.21 Å². The van der Waals surface area contributed by atoms with Crippen LogP contribution in [0.1, 0.15) is 11.4 Å². The lowest BCUT2D eigenvalue weighted by Crippen LogP contribution is -2.14. The second kappa shape index (κ2) is 6.06. The lowest BCUT2D eigenvalue weighted by atomic mass is 10.3. The zero-order valence-electron chi connectivity index (χ0n) is 12.7. The number of rotatable bonds is 4. The van der Waals surface area contributed by atoms with Gasteiger partial charge in [-0.25, -0.2) is 9.97 Å². The van der Waals surface area contributed by atoms with Crippen LogP contribution in [0.2, 0.25) is 0 Å². The highest BCUT2D eigenvalue weighted by atomic mass is 32.2. The van der Waals surface area contributed by atoms with Crippen molar-refractivity contribution in [2.75, 3.05) is 6.26 Å². The maximum Gasteiger partial charge on any atom is 0.292 e. The van der Waals surface area contributed by atoms with E-state index in [0.717, 1.165) is 8.96 Å². The van der Waals surface area contributed by atoms with Crippen molar-refractivity contribution in [3.8, 4) is 10.6 Å². The van der Waals surface area contributed by atoms with Crippen molar-refractivity contribution < 1.29 is 8.42 Å². The number of hydrogen-bond acceptors (Lipinski definition) is 7. The SMILES string of the molecule is CSc1nccc(-c2ccc(S(=O)(=O)n3nc(C)cc3C)s2)n1. The quantitative estimate of drug-likeness (QED) is 0.522. The van der Waals surface area contributed by atoms with Gasteiger partial charge in [0.25, 0.3) is 10.0 Å². The molecule has 3 aromatic rings. The van der Waals surface area contributed by atoms with Gasteiger partial charge in [-0.1, -0.05) is 11.8 Å². The van der Waals surface area contributed by atoms with E-state index in [9.17, 15) is 8.42 Å². The van der Waals surface area contributed by atoms with Crippen LogP contribution < -0.4 is 0 Å². The van der Waals surface area contributed by atoms with Crippen molar-refractivity contribution in [3.63, 3.8) is 0 Å². The van der Waals surface area contributed by atoms with Gasteiger partial charge in [0, 0.05) is 6.20 Å². The van der Waals surface area contributed by atoms with Crippen LogP contribution in [-0.4, -0.2) is 33.8 Å². The Balaban J connectivity index is 2.03. The molecule has 0 aromatic carbocycles. The van der Waals surface area contributed by atoms with Gasteiger partial charge in [-0.2, -0.15) is 17.6 Å². The van der Waals surface area contributed by atoms with Crippen molar-refractivity contribution in [3.05, 3.63) is 41.9 Å². The molecule has 0 radical (unpaired) electrons. The first-order chi connectivity index (χ1) is 10.9. The Kier molecular flexibility index (Phi) is 4.26. The van der Waals surface area contributed by atoms with Crippen LogP contribution in [0.15, 0.2) is 39.8 Å². The highest BCUT2D eigenvalue weighted by molar-refractivity contribution is 7.98. The van der Waals surface area contributed by atoms with E-state index < -0.39 is 10.0 Å². The molecule has 0 fully saturated rings. The van der Waals surface area contributed by atoms with E-state index in [2.05, 4.69) is 15.1 Å². The maximum absolute atomic E-state index is 12.7. The fourth-order valence-corrected chi connectivity index (χ4v) is 5.15. The Morgan fingerprint density at radius 2 is 2.00 bits per heavy atom. The van der Waals surface area contributed by atoms with Gasteiger partial charge < -0.3 is 0 Å². The number of aryl methyl sites for hydroxylation is 2. The molecule has 0 bridgehead atoms. The van der Waals surface area contributed by atoms with E-state index in [-0.39, 0.29) is 4.21 Å². The van der Waals surface area contributed by atoms with Gasteiger partial charge in [0.2, 0.25) is 0 Å². The maximum atomic E-state index is 12.7. The molecule has 0 spiro atoms. The van der Waals surface area contributed by atoms with Crippen LogP contribution in [-0.2, 0) is 10.0 Å². The van der Waals surface area contributed by atoms with E-state index in [1.165, 1.54) is 23.1 Å². The summed E-state index contributed by atoms with van der Waals surface area (Å²) in [6.07, 6.45) is 3.56. The number of thioether (sulfide) groups is 1. The molecule has 9 heteroatoms. The van der Waals surface area contributed by atoms with Gasteiger partial charge in [-0.3, -0.25) is 0 Å². The summed E-state index contributed by atoms with van der Waals surface area (Å²) >= 11 is 2.62. The molecule has 0 atom stereocenters. The Morgan fingerprint density at radius 3 is 2.65 bits per heavy atom. The summed E-state index contributed by atoms with van der Waals surface area (Å²) in [5.74, 6) is 0. The first-order valence-corrected chi connectivity index (χ1v) is 10.2. The summed E-state index contributed by atoms with van der Waals surface area (Å²) in [7, 11) is -3.68. The van der Waals surface area contributed by atoms with Crippen molar-refractivity contribution in [2.45, 2.75) is 23.2 Å². The van der Waals surface area contributed by atoms with E-state index in [0.29, 0.717) is 22.2 Å². The number of nitrogens with zero attached hydrogens (tertiary/aromatic N) is 4. The van der Waals surface area contributed by atoms with Crippen LogP contribution >= 0.6 is 23.1 Å². The Hall–Kier alpha value is -1.71. The third-order valence-corrected chi connectivity index (χ3v) is 6.92. The topological polar surface area (TPSA) is 77.7 Å². The summed E-state index contributed by atoms with van der Waals surface area (Å²) in [6.45, 7) is 3.49. The average Bonchev–Trinajstić information content (AvgIpc) is 3.14. The highest BCUT2D eigenvalue weighted by Gasteiger charge is 2.23. The summed E-state index contributed by atoms with van der Waals surface area (Å²) < 4.78 is 26.7. The molecule has 6 nitrogen and oxygen atoms in total. The normalized spacial score (nSPS) is 11.8. The van der Waals surface area contributed by atoms with Crippen LogP contribution in [0, 0.1) is 13.8 Å². The van der Waals surface area contributed by atoms with E-state index >= 15 is 0 Å². The molecule has 0 aliphatic heterocycles. The van der Waals surface area contributed by atoms with Gasteiger partial charge in [0.05, 0.1) is 22.0 Å². The molecule has 0 aliphatic carbocycles. The van der Waals surface area contributed by atoms with Gasteiger partial charge in [-0.05, 0) is 44.4 Å². The number of hydrogen-bond donors (Lipinski definition) is 0. The smallest absolute Gasteiger partial charge is 0.231 e. The molecule has 3 aromatic heterocycles. The molecule has 0 amide bonds. The third-order valence-electron chi connectivity index (χ3n) is 3.10. The zero-order valence-corrected chi connectivity index (χ0v) is 15.2. The summed E-state index contributed by atoms with van der Waals surface area (Å²) in [4.78, 5) is 9.30. The molecule has 3 rings (SSSR count). The fourth-order valence-electron chi connectivity index (χ4n) is 2.11. The van der Waals surface area contributed by atoms with Crippen LogP contribution in [0.25, 0.3) is 10.6 Å². The van der Waals surface area contributed by atoms with Gasteiger partial charge >= 0.3 is 0 Å². The predicted octanol–water partition coefficient (Wildman–Crippen LogP) is 2.98. The number of thiophene rings is 1. The molecular formula is C14H14N4O2S3. The Bertz CT molecular complexity index is 960. The number of aromatic nitrogens is 4. The molecule has 0 saturated heterocycles. The summed E-state index contributed by atoms with van der Waals surface area (Å²) in [6, 6.07) is 6.86. The molecular weight excluding hydrogens is 352 g/mol. The molecule has 120 valence electrons. The summed E-state index contributed by atoms with van der Waals surface area (Å²) in [5, 5.41) is 4.73. The van der Waals surface area contributed by atoms with E-state index in [1.807, 2.05) is 6.26 Å². The molecule has 23 heavy (non-hydrogen) atoms. The van der Waals surface area contributed by atoms with Crippen LogP contribution in [0.3, 0.4) is 0 Å². The molecule has 3 heterocycles. The monoisotopic (exact) mass is 366 g/mol. The molecule has 0 unspecified atom stereocenters. The Labute approximate surface area is 142 Å². The fraction of sp³-hybridized carbons (Fsp3) is 0.214. The average molecular weight is 366 g/mol. The lowest BCUT2D eigenvalue weighted by Gasteiger charge is -2.03. The third kappa shape index (κ3) is 3.04. The van der Waals surface area contributed by atoms with Crippen molar-refractivity contribution in [2.24, 2.45) is 0 Å². The first kappa shape index (κ1) is 16.2. The lowest BCUT2D eigenvalue weighted by molar-refractivity contribution is 0.580. The Morgan fingerprint density at radius 1 is 1.22 bits per heavy atom. The highest BCUT2D eigenvalue weighted by Crippen LogP contribution is 2.31. The van der Waals surface area contributed by atoms with Crippen molar-refractivity contribution in [1.82, 2.24) is 19.2 Å². The van der Waals surface area contributed by atoms with Crippen LogP contribution in [0.4, 0.5) is 0 Å². The van der Waals surface area contributed by atoms with Crippen molar-refractivity contribution in [1.29, 1.82) is 0 Å². The standard InChI is InChI=1S/C14H14N4O2S3/c1-9-8-10(2)18(17-9)23(19,20)13-5-4-12(22-13)11-6-7-15-14(16-11)21-3/h4-8H,1-3H3. The second-order valence-corrected chi connectivity index (χ2v) is 8.67. The minimum absolute atomic E-state index is 0.239. The second-order valence-electron chi connectivity index (χ2n) is 4.82. The zero-order chi connectivity index (χ0) is 16.6. The van der Waals surface area contributed by atoms with Crippen LogP contribution in [0.5, 0.6) is 0 Å². The first-order valence-electron chi connectivity index (χ1n) is 6.68. The predicted molar refractivity (Wildman–Crippen MR) is 91.4 cm³/mol. The molecule has 0 aliphatic rings. The largest absolute Gasteiger partial charge is 0.292 e. The molecule has 0 saturated carbocycles. The van der Waals surface area contributed by atoms with Gasteiger partial charge in [0.15, 0.2) is 5.16 Å². The van der Waals surface area contributed by atoms with E-state index in [1.54, 1.807) is 44.3 Å².